The molecule has 1 aliphatic rings. The van der Waals surface area contributed by atoms with E-state index in [4.69, 9.17) is 15.2 Å². The molecular weight excluding hydrogens is 362 g/mol. The number of urea groups is 1. The number of primary amides is 1. The van der Waals surface area contributed by atoms with E-state index in [0.29, 0.717) is 10.6 Å². The number of carbonyl (C=O) groups excluding carboxylic acids is 4. The van der Waals surface area contributed by atoms with E-state index in [0.717, 1.165) is 29.7 Å². The average Bonchev–Trinajstić information content (AvgIpc) is 3.13. The zero-order chi connectivity index (χ0) is 19.1. The van der Waals surface area contributed by atoms with Crippen molar-refractivity contribution in [2.75, 3.05) is 25.1 Å². The first kappa shape index (κ1) is 19.7. The van der Waals surface area contributed by atoms with E-state index in [1.54, 1.807) is 6.92 Å². The minimum absolute atomic E-state index is 0.0282. The van der Waals surface area contributed by atoms with Crippen LogP contribution in [0.25, 0.3) is 0 Å². The summed E-state index contributed by atoms with van der Waals surface area (Å²) in [6.45, 7) is 1.50. The van der Waals surface area contributed by atoms with Crippen LogP contribution >= 0.6 is 11.3 Å². The monoisotopic (exact) mass is 383 g/mol. The third kappa shape index (κ3) is 5.19. The van der Waals surface area contributed by atoms with E-state index < -0.39 is 30.5 Å². The van der Waals surface area contributed by atoms with Crippen molar-refractivity contribution in [3.05, 3.63) is 16.0 Å². The summed E-state index contributed by atoms with van der Waals surface area (Å²) in [6, 6.07) is -0.743. The second kappa shape index (κ2) is 9.18. The Morgan fingerprint density at radius 1 is 1.19 bits per heavy atom. The van der Waals surface area contributed by atoms with E-state index in [9.17, 15) is 19.2 Å². The zero-order valence-electron chi connectivity index (χ0n) is 14.4. The first-order chi connectivity index (χ1) is 12.4. The highest BCUT2D eigenvalue weighted by atomic mass is 32.1. The van der Waals surface area contributed by atoms with Crippen molar-refractivity contribution in [2.45, 2.75) is 32.6 Å². The van der Waals surface area contributed by atoms with Crippen molar-refractivity contribution in [3.8, 4) is 0 Å². The number of hydrogen-bond acceptors (Lipinski definition) is 7. The van der Waals surface area contributed by atoms with Gasteiger partial charge in [-0.05, 0) is 31.7 Å². The molecule has 0 saturated heterocycles. The predicted molar refractivity (Wildman–Crippen MR) is 94.1 cm³/mol. The Bertz CT molecular complexity index is 715. The highest BCUT2D eigenvalue weighted by Crippen LogP contribution is 2.39. The van der Waals surface area contributed by atoms with Crippen LogP contribution in [-0.4, -0.2) is 43.6 Å². The highest BCUT2D eigenvalue weighted by molar-refractivity contribution is 7.17. The summed E-state index contributed by atoms with van der Waals surface area (Å²) in [6.07, 6.45) is 2.51. The largest absolute Gasteiger partial charge is 0.462 e. The number of nitrogens with two attached hydrogens (primary N) is 1. The molecule has 0 atom stereocenters. The lowest BCUT2D eigenvalue weighted by atomic mass is 10.1. The Kier molecular flexibility index (Phi) is 6.96. The molecule has 26 heavy (non-hydrogen) atoms. The Morgan fingerprint density at radius 2 is 1.96 bits per heavy atom. The average molecular weight is 383 g/mol. The van der Waals surface area contributed by atoms with Crippen molar-refractivity contribution in [1.29, 1.82) is 0 Å². The quantitative estimate of drug-likeness (QED) is 0.572. The van der Waals surface area contributed by atoms with Crippen LogP contribution in [0.15, 0.2) is 0 Å². The van der Waals surface area contributed by atoms with Crippen LogP contribution in [0.1, 0.15) is 40.6 Å². The van der Waals surface area contributed by atoms with Crippen LogP contribution in [0.2, 0.25) is 0 Å². The number of thiophene rings is 1. The van der Waals surface area contributed by atoms with Crippen molar-refractivity contribution in [2.24, 2.45) is 5.73 Å². The van der Waals surface area contributed by atoms with E-state index >= 15 is 0 Å². The van der Waals surface area contributed by atoms with E-state index in [2.05, 4.69) is 10.6 Å². The molecule has 2 rings (SSSR count). The van der Waals surface area contributed by atoms with Gasteiger partial charge in [0.25, 0.3) is 5.91 Å². The fourth-order valence-electron chi connectivity index (χ4n) is 2.58. The molecule has 1 heterocycles. The predicted octanol–water partition coefficient (Wildman–Crippen LogP) is 0.954. The van der Waals surface area contributed by atoms with Gasteiger partial charge in [0.1, 0.15) is 5.00 Å². The van der Waals surface area contributed by atoms with Gasteiger partial charge in [0.2, 0.25) is 0 Å². The molecule has 0 fully saturated rings. The molecule has 9 nitrogen and oxygen atoms in total. The van der Waals surface area contributed by atoms with Gasteiger partial charge in [-0.25, -0.2) is 9.59 Å². The molecule has 3 amide bonds. The SMILES string of the molecule is CCOC(=O)c1c(NC(=O)COC(=O)CCNC(N)=O)sc2c1CCC2. The van der Waals surface area contributed by atoms with Gasteiger partial charge in [0.05, 0.1) is 18.6 Å². The van der Waals surface area contributed by atoms with Gasteiger partial charge in [-0.3, -0.25) is 9.59 Å². The summed E-state index contributed by atoms with van der Waals surface area (Å²) in [7, 11) is 0. The molecule has 0 bridgehead atoms. The van der Waals surface area contributed by atoms with Gasteiger partial charge >= 0.3 is 18.0 Å². The van der Waals surface area contributed by atoms with Crippen molar-refractivity contribution in [1.82, 2.24) is 5.32 Å². The Balaban J connectivity index is 1.92. The maximum absolute atomic E-state index is 12.2. The van der Waals surface area contributed by atoms with Crippen LogP contribution in [0.5, 0.6) is 0 Å². The van der Waals surface area contributed by atoms with Gasteiger partial charge in [-0.2, -0.15) is 0 Å². The number of carbonyl (C=O) groups is 4. The summed E-state index contributed by atoms with van der Waals surface area (Å²) in [4.78, 5) is 47.3. The van der Waals surface area contributed by atoms with Crippen LogP contribution in [0.3, 0.4) is 0 Å². The van der Waals surface area contributed by atoms with Crippen molar-refractivity contribution >= 4 is 40.2 Å². The number of anilines is 1. The first-order valence-electron chi connectivity index (χ1n) is 8.22. The van der Waals surface area contributed by atoms with Gasteiger partial charge < -0.3 is 25.8 Å². The van der Waals surface area contributed by atoms with Gasteiger partial charge in [-0.15, -0.1) is 11.3 Å². The van der Waals surface area contributed by atoms with E-state index in [1.165, 1.54) is 11.3 Å². The maximum Gasteiger partial charge on any atom is 0.341 e. The summed E-state index contributed by atoms with van der Waals surface area (Å²) < 4.78 is 9.91. The van der Waals surface area contributed by atoms with Gasteiger partial charge in [-0.1, -0.05) is 0 Å². The lowest BCUT2D eigenvalue weighted by molar-refractivity contribution is -0.147. The minimum atomic E-state index is -0.743. The number of amides is 3. The Hall–Kier alpha value is -2.62. The molecule has 0 aliphatic heterocycles. The summed E-state index contributed by atoms with van der Waals surface area (Å²) >= 11 is 1.35. The number of ether oxygens (including phenoxy) is 2. The molecule has 10 heteroatoms. The molecule has 0 saturated carbocycles. The fraction of sp³-hybridized carbons (Fsp3) is 0.500. The van der Waals surface area contributed by atoms with E-state index in [1.807, 2.05) is 0 Å². The molecular formula is C16H21N3O6S. The number of nitrogens with one attached hydrogen (secondary N) is 2. The van der Waals surface area contributed by atoms with Crippen LogP contribution in [-0.2, 0) is 31.9 Å². The lowest BCUT2D eigenvalue weighted by Crippen LogP contribution is -2.31. The van der Waals surface area contributed by atoms with Crippen LogP contribution in [0, 0.1) is 0 Å². The number of fused-ring (bicyclic) bond motifs is 1. The Labute approximate surface area is 154 Å². The topological polar surface area (TPSA) is 137 Å². The third-order valence-electron chi connectivity index (χ3n) is 3.65. The fourth-order valence-corrected chi connectivity index (χ4v) is 3.87. The van der Waals surface area contributed by atoms with E-state index in [-0.39, 0.29) is 19.6 Å². The summed E-state index contributed by atoms with van der Waals surface area (Å²) in [5, 5.41) is 5.29. The molecule has 142 valence electrons. The summed E-state index contributed by atoms with van der Waals surface area (Å²) in [5.41, 5.74) is 6.20. The van der Waals surface area contributed by atoms with Crippen molar-refractivity contribution < 1.29 is 28.7 Å². The molecule has 0 spiro atoms. The lowest BCUT2D eigenvalue weighted by Gasteiger charge is -2.08. The normalized spacial score (nSPS) is 12.2. The molecule has 0 unspecified atom stereocenters. The number of rotatable bonds is 8. The first-order valence-corrected chi connectivity index (χ1v) is 9.04. The maximum atomic E-state index is 12.2. The molecule has 0 radical (unpaired) electrons. The molecule has 0 aromatic carbocycles. The summed E-state index contributed by atoms with van der Waals surface area (Å²) in [5.74, 6) is -1.66. The van der Waals surface area contributed by atoms with Gasteiger partial charge in [0.15, 0.2) is 6.61 Å². The third-order valence-corrected chi connectivity index (χ3v) is 4.85. The molecule has 1 aromatic rings. The minimum Gasteiger partial charge on any atom is -0.462 e. The standard InChI is InChI=1S/C16H21N3O6S/c1-2-24-15(22)13-9-4-3-5-10(9)26-14(13)19-11(20)8-25-12(21)6-7-18-16(17)23/h2-8H2,1H3,(H,19,20)(H3,17,18,23). The zero-order valence-corrected chi connectivity index (χ0v) is 15.2. The number of esters is 2. The second-order valence-electron chi connectivity index (χ2n) is 5.53. The van der Waals surface area contributed by atoms with Crippen LogP contribution in [0.4, 0.5) is 9.80 Å². The van der Waals surface area contributed by atoms with Crippen molar-refractivity contribution in [3.63, 3.8) is 0 Å². The molecule has 1 aromatic heterocycles. The Morgan fingerprint density at radius 3 is 2.65 bits per heavy atom. The van der Waals surface area contributed by atoms with Gasteiger partial charge in [0, 0.05) is 11.4 Å². The molecule has 4 N–H and O–H groups in total. The second-order valence-corrected chi connectivity index (χ2v) is 6.64. The molecule has 1 aliphatic carbocycles. The number of aryl methyl sites for hydroxylation is 1. The van der Waals surface area contributed by atoms with Crippen LogP contribution < -0.4 is 16.4 Å². The highest BCUT2D eigenvalue weighted by Gasteiger charge is 2.28. The number of hydrogen-bond donors (Lipinski definition) is 3. The smallest absolute Gasteiger partial charge is 0.341 e.